The fourth-order valence-corrected chi connectivity index (χ4v) is 2.62. The topological polar surface area (TPSA) is 37.2 Å². The summed E-state index contributed by atoms with van der Waals surface area (Å²) in [5.41, 5.74) is 0.453. The summed E-state index contributed by atoms with van der Waals surface area (Å²) in [4.78, 5) is 0. The van der Waals surface area contributed by atoms with Gasteiger partial charge in [-0.2, -0.15) is 0 Å². The molecule has 4 heteroatoms. The third-order valence-corrected chi connectivity index (χ3v) is 3.57. The molecule has 1 atom stereocenters. The molecule has 1 unspecified atom stereocenters. The van der Waals surface area contributed by atoms with Crippen LogP contribution < -0.4 is 10.6 Å². The van der Waals surface area contributed by atoms with Gasteiger partial charge >= 0.3 is 0 Å². The second-order valence-electron chi connectivity index (χ2n) is 5.51. The van der Waals surface area contributed by atoms with Gasteiger partial charge in [0.1, 0.15) is 5.76 Å². The van der Waals surface area contributed by atoms with Crippen molar-refractivity contribution in [3.63, 3.8) is 0 Å². The summed E-state index contributed by atoms with van der Waals surface area (Å²) in [6.07, 6.45) is 5.34. The molecule has 1 aromatic heterocycles. The van der Waals surface area contributed by atoms with Crippen molar-refractivity contribution >= 4 is 17.3 Å². The number of thiocarbonyl (C=S) groups is 1. The van der Waals surface area contributed by atoms with Crippen LogP contribution in [-0.2, 0) is 6.54 Å². The van der Waals surface area contributed by atoms with E-state index in [0.717, 1.165) is 10.9 Å². The summed E-state index contributed by atoms with van der Waals surface area (Å²) >= 11 is 5.27. The minimum absolute atomic E-state index is 0.453. The fourth-order valence-electron chi connectivity index (χ4n) is 2.38. The Labute approximate surface area is 108 Å². The van der Waals surface area contributed by atoms with Crippen LogP contribution in [0.2, 0.25) is 0 Å². The predicted octanol–water partition coefficient (Wildman–Crippen LogP) is 2.82. The van der Waals surface area contributed by atoms with Gasteiger partial charge in [0.25, 0.3) is 0 Å². The zero-order valence-electron chi connectivity index (χ0n) is 10.5. The molecule has 3 nitrogen and oxygen atoms in total. The van der Waals surface area contributed by atoms with E-state index in [9.17, 15) is 0 Å². The smallest absolute Gasteiger partial charge is 0.166 e. The van der Waals surface area contributed by atoms with Gasteiger partial charge in [-0.1, -0.05) is 13.8 Å². The Hall–Kier alpha value is -1.03. The van der Waals surface area contributed by atoms with Crippen molar-refractivity contribution < 1.29 is 4.42 Å². The van der Waals surface area contributed by atoms with E-state index in [-0.39, 0.29) is 0 Å². The molecule has 0 amide bonds. The van der Waals surface area contributed by atoms with Crippen molar-refractivity contribution in [2.24, 2.45) is 5.41 Å². The lowest BCUT2D eigenvalue weighted by Gasteiger charge is -2.19. The fraction of sp³-hybridized carbons (Fsp3) is 0.615. The van der Waals surface area contributed by atoms with Crippen LogP contribution in [-0.4, -0.2) is 11.2 Å². The van der Waals surface area contributed by atoms with Gasteiger partial charge in [-0.3, -0.25) is 0 Å². The summed E-state index contributed by atoms with van der Waals surface area (Å²) in [6, 6.07) is 4.34. The van der Waals surface area contributed by atoms with Crippen LogP contribution in [0, 0.1) is 5.41 Å². The average molecular weight is 252 g/mol. The van der Waals surface area contributed by atoms with Gasteiger partial charge in [0, 0.05) is 6.04 Å². The Morgan fingerprint density at radius 2 is 2.41 bits per heavy atom. The molecular formula is C13H20N2OS. The molecule has 17 heavy (non-hydrogen) atoms. The molecule has 2 rings (SSSR count). The van der Waals surface area contributed by atoms with Crippen molar-refractivity contribution in [2.75, 3.05) is 0 Å². The molecule has 0 aliphatic heterocycles. The summed E-state index contributed by atoms with van der Waals surface area (Å²) in [6.45, 7) is 5.27. The first-order valence-electron chi connectivity index (χ1n) is 6.12. The van der Waals surface area contributed by atoms with Crippen LogP contribution in [0.3, 0.4) is 0 Å². The Kier molecular flexibility index (Phi) is 3.72. The first kappa shape index (κ1) is 12.4. The van der Waals surface area contributed by atoms with Crippen LogP contribution in [0.1, 0.15) is 38.9 Å². The molecule has 1 saturated carbocycles. The Balaban J connectivity index is 1.71. The third-order valence-electron chi connectivity index (χ3n) is 3.31. The zero-order valence-corrected chi connectivity index (χ0v) is 11.3. The second-order valence-corrected chi connectivity index (χ2v) is 5.92. The van der Waals surface area contributed by atoms with E-state index in [1.165, 1.54) is 19.3 Å². The highest BCUT2D eigenvalue weighted by Gasteiger charge is 2.30. The van der Waals surface area contributed by atoms with Crippen LogP contribution >= 0.6 is 12.2 Å². The van der Waals surface area contributed by atoms with E-state index in [1.54, 1.807) is 6.26 Å². The maximum atomic E-state index is 5.27. The molecule has 0 saturated heterocycles. The van der Waals surface area contributed by atoms with Crippen molar-refractivity contribution in [3.8, 4) is 0 Å². The zero-order chi connectivity index (χ0) is 12.3. The van der Waals surface area contributed by atoms with Gasteiger partial charge in [0.05, 0.1) is 12.8 Å². The van der Waals surface area contributed by atoms with E-state index in [2.05, 4.69) is 24.5 Å². The molecule has 0 bridgehead atoms. The van der Waals surface area contributed by atoms with Gasteiger partial charge in [-0.15, -0.1) is 0 Å². The number of hydrogen-bond donors (Lipinski definition) is 2. The summed E-state index contributed by atoms with van der Waals surface area (Å²) in [5, 5.41) is 7.27. The molecule has 1 aliphatic carbocycles. The molecule has 1 fully saturated rings. The van der Waals surface area contributed by atoms with E-state index >= 15 is 0 Å². The quantitative estimate of drug-likeness (QED) is 0.811. The lowest BCUT2D eigenvalue weighted by molar-refractivity contribution is 0.372. The average Bonchev–Trinajstić information content (AvgIpc) is 2.85. The number of furan rings is 1. The standard InChI is InChI=1S/C13H20N2OS/c1-13(2)6-5-10(8-13)15-12(17)14-9-11-4-3-7-16-11/h3-4,7,10H,5-6,8-9H2,1-2H3,(H2,14,15,17). The number of nitrogens with one attached hydrogen (secondary N) is 2. The minimum atomic E-state index is 0.453. The lowest BCUT2D eigenvalue weighted by Crippen LogP contribution is -2.40. The molecule has 0 aromatic carbocycles. The molecule has 1 aliphatic rings. The van der Waals surface area contributed by atoms with Crippen LogP contribution in [0.4, 0.5) is 0 Å². The van der Waals surface area contributed by atoms with Crippen LogP contribution in [0.25, 0.3) is 0 Å². The van der Waals surface area contributed by atoms with Gasteiger partial charge in [0.15, 0.2) is 5.11 Å². The summed E-state index contributed by atoms with van der Waals surface area (Å²) in [7, 11) is 0. The van der Waals surface area contributed by atoms with Crippen LogP contribution in [0.15, 0.2) is 22.8 Å². The SMILES string of the molecule is CC1(C)CCC(NC(=S)NCc2ccco2)C1. The maximum Gasteiger partial charge on any atom is 0.166 e. The lowest BCUT2D eigenvalue weighted by atomic mass is 9.92. The molecule has 1 heterocycles. The van der Waals surface area contributed by atoms with E-state index in [1.807, 2.05) is 12.1 Å². The maximum absolute atomic E-state index is 5.27. The van der Waals surface area contributed by atoms with Gasteiger partial charge in [-0.05, 0) is 49.0 Å². The van der Waals surface area contributed by atoms with Crippen LogP contribution in [0.5, 0.6) is 0 Å². The largest absolute Gasteiger partial charge is 0.467 e. The normalized spacial score (nSPS) is 22.4. The second kappa shape index (κ2) is 5.08. The van der Waals surface area contributed by atoms with Crippen molar-refractivity contribution in [3.05, 3.63) is 24.2 Å². The Bertz CT molecular complexity index is 373. The highest BCUT2D eigenvalue weighted by Crippen LogP contribution is 2.36. The first-order valence-corrected chi connectivity index (χ1v) is 6.53. The Morgan fingerprint density at radius 3 is 3.00 bits per heavy atom. The molecule has 1 aromatic rings. The molecular weight excluding hydrogens is 232 g/mol. The highest BCUT2D eigenvalue weighted by molar-refractivity contribution is 7.80. The predicted molar refractivity (Wildman–Crippen MR) is 72.7 cm³/mol. The van der Waals surface area contributed by atoms with E-state index < -0.39 is 0 Å². The van der Waals surface area contributed by atoms with E-state index in [4.69, 9.17) is 16.6 Å². The van der Waals surface area contributed by atoms with E-state index in [0.29, 0.717) is 18.0 Å². The first-order chi connectivity index (χ1) is 8.05. The van der Waals surface area contributed by atoms with Crippen molar-refractivity contribution in [1.29, 1.82) is 0 Å². The summed E-state index contributed by atoms with van der Waals surface area (Å²) < 4.78 is 5.24. The minimum Gasteiger partial charge on any atom is -0.467 e. The summed E-state index contributed by atoms with van der Waals surface area (Å²) in [5.74, 6) is 0.904. The number of rotatable bonds is 3. The number of hydrogen-bond acceptors (Lipinski definition) is 2. The van der Waals surface area contributed by atoms with Crippen molar-refractivity contribution in [2.45, 2.75) is 45.7 Å². The third kappa shape index (κ3) is 3.73. The Morgan fingerprint density at radius 1 is 1.59 bits per heavy atom. The van der Waals surface area contributed by atoms with Crippen molar-refractivity contribution in [1.82, 2.24) is 10.6 Å². The molecule has 0 radical (unpaired) electrons. The molecule has 0 spiro atoms. The monoisotopic (exact) mass is 252 g/mol. The van der Waals surface area contributed by atoms with Gasteiger partial charge < -0.3 is 15.1 Å². The molecule has 94 valence electrons. The highest BCUT2D eigenvalue weighted by atomic mass is 32.1. The van der Waals surface area contributed by atoms with Gasteiger partial charge in [0.2, 0.25) is 0 Å². The van der Waals surface area contributed by atoms with Gasteiger partial charge in [-0.25, -0.2) is 0 Å². The molecule has 2 N–H and O–H groups in total.